The van der Waals surface area contributed by atoms with Gasteiger partial charge in [0, 0.05) is 44.0 Å². The van der Waals surface area contributed by atoms with Crippen LogP contribution in [-0.4, -0.2) is 43.9 Å². The van der Waals surface area contributed by atoms with Crippen molar-refractivity contribution in [3.63, 3.8) is 0 Å². The van der Waals surface area contributed by atoms with E-state index in [1.165, 1.54) is 33.8 Å². The number of halogens is 3. The van der Waals surface area contributed by atoms with Crippen molar-refractivity contribution in [2.24, 2.45) is 0 Å². The molecule has 10 heteroatoms. The minimum atomic E-state index is -3.66. The van der Waals surface area contributed by atoms with E-state index in [1.807, 2.05) is 10.3 Å². The molecule has 0 saturated carbocycles. The van der Waals surface area contributed by atoms with E-state index in [1.54, 1.807) is 18.2 Å². The van der Waals surface area contributed by atoms with E-state index in [0.29, 0.717) is 43.9 Å². The van der Waals surface area contributed by atoms with E-state index >= 15 is 0 Å². The van der Waals surface area contributed by atoms with Gasteiger partial charge in [-0.25, -0.2) is 22.2 Å². The number of hydrogen-bond acceptors (Lipinski definition) is 5. The van der Waals surface area contributed by atoms with Crippen LogP contribution in [0.4, 0.5) is 13.9 Å². The largest absolute Gasteiger partial charge is 0.345 e. The molecule has 0 aliphatic carbocycles. The Balaban J connectivity index is 1.42. The predicted octanol–water partition coefficient (Wildman–Crippen LogP) is 4.18. The van der Waals surface area contributed by atoms with Crippen LogP contribution in [0.3, 0.4) is 0 Å². The Bertz CT molecular complexity index is 1140. The summed E-state index contributed by atoms with van der Waals surface area (Å²) in [5, 5.41) is 2.82. The zero-order valence-corrected chi connectivity index (χ0v) is 18.2. The summed E-state index contributed by atoms with van der Waals surface area (Å²) < 4.78 is 53.9. The van der Waals surface area contributed by atoms with Gasteiger partial charge in [0.2, 0.25) is 10.0 Å². The van der Waals surface area contributed by atoms with Crippen molar-refractivity contribution in [3.05, 3.63) is 75.8 Å². The van der Waals surface area contributed by atoms with Gasteiger partial charge in [-0.1, -0.05) is 23.7 Å². The molecule has 0 amide bonds. The zero-order valence-electron chi connectivity index (χ0n) is 15.8. The van der Waals surface area contributed by atoms with Crippen LogP contribution in [-0.2, 0) is 16.4 Å². The van der Waals surface area contributed by atoms with Gasteiger partial charge < -0.3 is 4.90 Å². The molecule has 158 valence electrons. The lowest BCUT2D eigenvalue weighted by molar-refractivity contribution is 0.384. The summed E-state index contributed by atoms with van der Waals surface area (Å²) in [5.41, 5.74) is 1.23. The average molecular weight is 470 g/mol. The fourth-order valence-corrected chi connectivity index (χ4v) is 6.15. The van der Waals surface area contributed by atoms with Crippen LogP contribution >= 0.6 is 22.9 Å². The van der Waals surface area contributed by atoms with Gasteiger partial charge in [-0.2, -0.15) is 4.31 Å². The van der Waals surface area contributed by atoms with Crippen LogP contribution in [0.25, 0.3) is 0 Å². The zero-order chi connectivity index (χ0) is 21.3. The van der Waals surface area contributed by atoms with Gasteiger partial charge in [-0.15, -0.1) is 11.3 Å². The number of sulfonamides is 1. The topological polar surface area (TPSA) is 53.5 Å². The molecule has 1 fully saturated rings. The monoisotopic (exact) mass is 469 g/mol. The number of aromatic nitrogens is 1. The number of nitrogens with zero attached hydrogens (tertiary/aromatic N) is 3. The van der Waals surface area contributed by atoms with Crippen LogP contribution in [0.2, 0.25) is 5.02 Å². The fraction of sp³-hybridized carbons (Fsp3) is 0.250. The lowest BCUT2D eigenvalue weighted by Gasteiger charge is -2.33. The summed E-state index contributed by atoms with van der Waals surface area (Å²) in [5.74, 6) is -1.23. The van der Waals surface area contributed by atoms with E-state index in [2.05, 4.69) is 4.98 Å². The maximum absolute atomic E-state index is 13.4. The average Bonchev–Trinajstić information content (AvgIpc) is 3.16. The highest BCUT2D eigenvalue weighted by Crippen LogP contribution is 2.28. The van der Waals surface area contributed by atoms with Crippen LogP contribution in [0.1, 0.15) is 11.3 Å². The molecule has 2 heterocycles. The third kappa shape index (κ3) is 4.49. The molecule has 4 rings (SSSR count). The molecule has 3 aromatic rings. The number of rotatable bonds is 5. The maximum Gasteiger partial charge on any atom is 0.244 e. The molecule has 1 aliphatic heterocycles. The summed E-state index contributed by atoms with van der Waals surface area (Å²) in [6.07, 6.45) is 0.325. The number of benzene rings is 2. The molecule has 1 aromatic heterocycles. The lowest BCUT2D eigenvalue weighted by atomic mass is 10.1. The smallest absolute Gasteiger partial charge is 0.244 e. The normalized spacial score (nSPS) is 15.5. The van der Waals surface area contributed by atoms with E-state index < -0.39 is 21.7 Å². The van der Waals surface area contributed by atoms with Crippen LogP contribution in [0.5, 0.6) is 0 Å². The Hall–Kier alpha value is -2.07. The molecule has 0 atom stereocenters. The summed E-state index contributed by atoms with van der Waals surface area (Å²) >= 11 is 7.50. The van der Waals surface area contributed by atoms with E-state index in [-0.39, 0.29) is 9.92 Å². The molecule has 0 spiro atoms. The number of hydrogen-bond donors (Lipinski definition) is 0. The summed E-state index contributed by atoms with van der Waals surface area (Å²) in [4.78, 5) is 6.68. The molecular formula is C20H18ClF2N3O2S2. The summed E-state index contributed by atoms with van der Waals surface area (Å²) in [6.45, 7) is 1.62. The van der Waals surface area contributed by atoms with Crippen molar-refractivity contribution in [1.29, 1.82) is 0 Å². The number of anilines is 1. The lowest BCUT2D eigenvalue weighted by Crippen LogP contribution is -2.48. The van der Waals surface area contributed by atoms with E-state index in [4.69, 9.17) is 11.6 Å². The molecule has 1 aliphatic rings. The van der Waals surface area contributed by atoms with Crippen molar-refractivity contribution in [2.75, 3.05) is 31.1 Å². The fourth-order valence-electron chi connectivity index (χ4n) is 3.36. The Kier molecular flexibility index (Phi) is 6.06. The van der Waals surface area contributed by atoms with Gasteiger partial charge in [0.15, 0.2) is 5.13 Å². The molecule has 0 unspecified atom stereocenters. The first-order valence-electron chi connectivity index (χ1n) is 9.22. The molecular weight excluding hydrogens is 452 g/mol. The van der Waals surface area contributed by atoms with Crippen molar-refractivity contribution >= 4 is 38.1 Å². The second kappa shape index (κ2) is 8.58. The minimum absolute atomic E-state index is 0.110. The van der Waals surface area contributed by atoms with Crippen LogP contribution in [0.15, 0.2) is 52.7 Å². The SMILES string of the molecule is O=S(=O)(c1ccccc1Cl)N1CCN(c2nc(Cc3cc(F)cc(F)c3)cs2)CC1. The van der Waals surface area contributed by atoms with Gasteiger partial charge in [-0.05, 0) is 29.8 Å². The molecule has 30 heavy (non-hydrogen) atoms. The molecule has 5 nitrogen and oxygen atoms in total. The first kappa shape index (κ1) is 21.2. The molecule has 0 bridgehead atoms. The van der Waals surface area contributed by atoms with Gasteiger partial charge in [0.05, 0.1) is 10.7 Å². The van der Waals surface area contributed by atoms with Crippen LogP contribution in [0, 0.1) is 11.6 Å². The van der Waals surface area contributed by atoms with Crippen molar-refractivity contribution in [3.8, 4) is 0 Å². The van der Waals surface area contributed by atoms with Gasteiger partial charge in [0.1, 0.15) is 16.5 Å². The number of piperazine rings is 1. The Morgan fingerprint density at radius 2 is 1.70 bits per heavy atom. The molecule has 1 saturated heterocycles. The highest BCUT2D eigenvalue weighted by atomic mass is 35.5. The third-order valence-electron chi connectivity index (χ3n) is 4.81. The Morgan fingerprint density at radius 1 is 1.03 bits per heavy atom. The van der Waals surface area contributed by atoms with Gasteiger partial charge in [0.25, 0.3) is 0 Å². The first-order valence-corrected chi connectivity index (χ1v) is 11.9. The van der Waals surface area contributed by atoms with E-state index in [0.717, 1.165) is 11.2 Å². The number of thiazole rings is 1. The Morgan fingerprint density at radius 3 is 2.37 bits per heavy atom. The summed E-state index contributed by atoms with van der Waals surface area (Å²) in [7, 11) is -3.66. The highest BCUT2D eigenvalue weighted by molar-refractivity contribution is 7.89. The van der Waals surface area contributed by atoms with Crippen molar-refractivity contribution in [2.45, 2.75) is 11.3 Å². The van der Waals surface area contributed by atoms with Gasteiger partial charge >= 0.3 is 0 Å². The van der Waals surface area contributed by atoms with Crippen molar-refractivity contribution < 1.29 is 17.2 Å². The van der Waals surface area contributed by atoms with Crippen molar-refractivity contribution in [1.82, 2.24) is 9.29 Å². The summed E-state index contributed by atoms with van der Waals surface area (Å²) in [6, 6.07) is 9.83. The van der Waals surface area contributed by atoms with Gasteiger partial charge in [-0.3, -0.25) is 0 Å². The predicted molar refractivity (Wildman–Crippen MR) is 114 cm³/mol. The van der Waals surface area contributed by atoms with E-state index in [9.17, 15) is 17.2 Å². The molecule has 0 radical (unpaired) electrons. The third-order valence-corrected chi connectivity index (χ3v) is 8.16. The minimum Gasteiger partial charge on any atom is -0.345 e. The standard InChI is InChI=1S/C20H18ClF2N3O2S2/c21-18-3-1-2-4-19(18)30(27,28)26-7-5-25(6-8-26)20-24-17(13-29-20)11-14-9-15(22)12-16(23)10-14/h1-4,9-10,12-13H,5-8,11H2. The molecule has 2 aromatic carbocycles. The second-order valence-electron chi connectivity index (χ2n) is 6.90. The Labute approximate surface area is 182 Å². The molecule has 0 N–H and O–H groups in total. The first-order chi connectivity index (χ1) is 14.3. The quantitative estimate of drug-likeness (QED) is 0.562. The maximum atomic E-state index is 13.4. The van der Waals surface area contributed by atoms with Crippen LogP contribution < -0.4 is 4.90 Å². The highest BCUT2D eigenvalue weighted by Gasteiger charge is 2.30. The second-order valence-corrected chi connectivity index (χ2v) is 10.0.